The Morgan fingerprint density at radius 1 is 0.750 bits per heavy atom. The van der Waals surface area contributed by atoms with Gasteiger partial charge >= 0.3 is 18.0 Å². The van der Waals surface area contributed by atoms with Gasteiger partial charge in [-0.3, -0.25) is 4.90 Å². The number of hydrogen-bond acceptors (Lipinski definition) is 2. The smallest absolute Gasteiger partial charge is 0.297 e. The third-order valence-corrected chi connectivity index (χ3v) is 7.74. The van der Waals surface area contributed by atoms with Gasteiger partial charge in [0.2, 0.25) is 0 Å². The Bertz CT molecular complexity index is 1150. The quantitative estimate of drug-likeness (QED) is 0.297. The SMILES string of the molecule is Fc1ccc(SC2(c3ccc(C(F)(C(F)(F)F)C(F)(F)F)cc3)CCN(Cc3ccccc3)C2)cc1. The first-order valence-corrected chi connectivity index (χ1v) is 11.8. The van der Waals surface area contributed by atoms with Crippen LogP contribution in [0.25, 0.3) is 0 Å². The van der Waals surface area contributed by atoms with Gasteiger partial charge in [0.1, 0.15) is 5.82 Å². The van der Waals surface area contributed by atoms with Crippen LogP contribution in [0.1, 0.15) is 23.1 Å². The Morgan fingerprint density at radius 2 is 1.33 bits per heavy atom. The van der Waals surface area contributed by atoms with Gasteiger partial charge in [-0.05, 0) is 41.8 Å². The highest BCUT2D eigenvalue weighted by Gasteiger charge is 2.73. The number of rotatable bonds is 6. The summed E-state index contributed by atoms with van der Waals surface area (Å²) >= 11 is 1.35. The zero-order valence-electron chi connectivity index (χ0n) is 18.7. The van der Waals surface area contributed by atoms with Crippen LogP contribution in [0.2, 0.25) is 0 Å². The molecule has 0 aliphatic carbocycles. The molecule has 1 aliphatic rings. The van der Waals surface area contributed by atoms with Crippen molar-refractivity contribution in [2.24, 2.45) is 0 Å². The van der Waals surface area contributed by atoms with E-state index in [1.54, 1.807) is 12.1 Å². The maximum atomic E-state index is 14.5. The minimum atomic E-state index is -6.17. The molecule has 1 atom stereocenters. The predicted octanol–water partition coefficient (Wildman–Crippen LogP) is 8.01. The lowest BCUT2D eigenvalue weighted by Gasteiger charge is -2.32. The second kappa shape index (κ2) is 9.70. The number of thioether (sulfide) groups is 1. The molecule has 0 saturated carbocycles. The van der Waals surface area contributed by atoms with E-state index in [2.05, 4.69) is 4.90 Å². The van der Waals surface area contributed by atoms with E-state index in [1.807, 2.05) is 30.3 Å². The molecular formula is C26H21F8NS. The molecule has 1 unspecified atom stereocenters. The molecule has 3 aromatic rings. The van der Waals surface area contributed by atoms with Crippen molar-refractivity contribution in [3.8, 4) is 0 Å². The van der Waals surface area contributed by atoms with E-state index in [1.165, 1.54) is 23.9 Å². The van der Waals surface area contributed by atoms with Crippen molar-refractivity contribution in [1.29, 1.82) is 0 Å². The second-order valence-electron chi connectivity index (χ2n) is 8.73. The topological polar surface area (TPSA) is 3.24 Å². The Kier molecular flexibility index (Phi) is 7.13. The summed E-state index contributed by atoms with van der Waals surface area (Å²) in [6, 6.07) is 18.7. The normalized spacial score (nSPS) is 19.6. The fraction of sp³-hybridized carbons (Fsp3) is 0.308. The van der Waals surface area contributed by atoms with Gasteiger partial charge in [-0.1, -0.05) is 54.6 Å². The van der Waals surface area contributed by atoms with Crippen molar-refractivity contribution in [1.82, 2.24) is 4.90 Å². The number of benzene rings is 3. The molecule has 0 N–H and O–H groups in total. The number of nitrogens with zero attached hydrogens (tertiary/aromatic N) is 1. The van der Waals surface area contributed by atoms with Crippen LogP contribution in [0.3, 0.4) is 0 Å². The number of likely N-dealkylation sites (tertiary alicyclic amines) is 1. The summed E-state index contributed by atoms with van der Waals surface area (Å²) in [5.74, 6) is -0.437. The monoisotopic (exact) mass is 531 g/mol. The Hall–Kier alpha value is -2.59. The van der Waals surface area contributed by atoms with Crippen LogP contribution in [0, 0.1) is 5.82 Å². The Balaban J connectivity index is 1.69. The predicted molar refractivity (Wildman–Crippen MR) is 122 cm³/mol. The summed E-state index contributed by atoms with van der Waals surface area (Å²) in [6.07, 6.45) is -11.8. The lowest BCUT2D eigenvalue weighted by Crippen LogP contribution is -2.50. The van der Waals surface area contributed by atoms with E-state index in [0.717, 1.165) is 17.7 Å². The molecule has 36 heavy (non-hydrogen) atoms. The highest BCUT2D eigenvalue weighted by Crippen LogP contribution is 2.54. The summed E-state index contributed by atoms with van der Waals surface area (Å²) in [5, 5.41) is 0. The van der Waals surface area contributed by atoms with E-state index in [-0.39, 0.29) is 0 Å². The van der Waals surface area contributed by atoms with Crippen LogP contribution < -0.4 is 0 Å². The lowest BCUT2D eigenvalue weighted by molar-refractivity contribution is -0.348. The fourth-order valence-corrected chi connectivity index (χ4v) is 5.85. The van der Waals surface area contributed by atoms with Crippen molar-refractivity contribution in [2.45, 2.75) is 40.6 Å². The van der Waals surface area contributed by atoms with Gasteiger partial charge in [-0.15, -0.1) is 11.8 Å². The Morgan fingerprint density at radius 3 is 1.89 bits per heavy atom. The number of alkyl halides is 7. The molecule has 0 bridgehead atoms. The van der Waals surface area contributed by atoms with Crippen molar-refractivity contribution >= 4 is 11.8 Å². The average molecular weight is 532 g/mol. The van der Waals surface area contributed by atoms with Gasteiger partial charge in [0.25, 0.3) is 0 Å². The molecule has 1 heterocycles. The molecular weight excluding hydrogens is 510 g/mol. The molecule has 3 aromatic carbocycles. The van der Waals surface area contributed by atoms with Gasteiger partial charge in [0.05, 0.1) is 4.75 Å². The van der Waals surface area contributed by atoms with Crippen molar-refractivity contribution < 1.29 is 35.1 Å². The highest BCUT2D eigenvalue weighted by molar-refractivity contribution is 8.00. The largest absolute Gasteiger partial charge is 0.435 e. The molecule has 1 nitrogen and oxygen atoms in total. The molecule has 0 amide bonds. The van der Waals surface area contributed by atoms with Gasteiger partial charge in [0.15, 0.2) is 0 Å². The van der Waals surface area contributed by atoms with Crippen molar-refractivity contribution in [3.63, 3.8) is 0 Å². The van der Waals surface area contributed by atoms with E-state index in [9.17, 15) is 35.1 Å². The lowest BCUT2D eigenvalue weighted by atomic mass is 9.90. The van der Waals surface area contributed by atoms with Crippen LogP contribution in [-0.2, 0) is 17.0 Å². The average Bonchev–Trinajstić information content (AvgIpc) is 3.22. The number of halogens is 8. The first-order valence-electron chi connectivity index (χ1n) is 11.0. The molecule has 1 saturated heterocycles. The van der Waals surface area contributed by atoms with E-state index in [4.69, 9.17) is 0 Å². The molecule has 1 aliphatic heterocycles. The highest BCUT2D eigenvalue weighted by atomic mass is 32.2. The maximum Gasteiger partial charge on any atom is 0.435 e. The molecule has 1 fully saturated rings. The van der Waals surface area contributed by atoms with E-state index in [0.29, 0.717) is 48.6 Å². The first-order chi connectivity index (χ1) is 16.8. The summed E-state index contributed by atoms with van der Waals surface area (Å²) < 4.78 is 106. The third-order valence-electron chi connectivity index (χ3n) is 6.28. The zero-order valence-corrected chi connectivity index (χ0v) is 19.5. The zero-order chi connectivity index (χ0) is 26.2. The van der Waals surface area contributed by atoms with E-state index < -0.39 is 34.1 Å². The first kappa shape index (κ1) is 26.5. The maximum absolute atomic E-state index is 14.5. The molecule has 4 rings (SSSR count). The summed E-state index contributed by atoms with van der Waals surface area (Å²) in [6.45, 7) is 1.64. The van der Waals surface area contributed by atoms with Crippen LogP contribution in [0.15, 0.2) is 83.8 Å². The van der Waals surface area contributed by atoms with Gasteiger partial charge in [-0.25, -0.2) is 8.78 Å². The van der Waals surface area contributed by atoms with Crippen LogP contribution >= 0.6 is 11.8 Å². The molecule has 192 valence electrons. The van der Waals surface area contributed by atoms with E-state index >= 15 is 0 Å². The van der Waals surface area contributed by atoms with Crippen LogP contribution in [-0.4, -0.2) is 30.3 Å². The van der Waals surface area contributed by atoms with Gasteiger partial charge in [0, 0.05) is 30.1 Å². The molecule has 10 heteroatoms. The number of hydrogen-bond donors (Lipinski definition) is 0. The van der Waals surface area contributed by atoms with Crippen molar-refractivity contribution in [2.75, 3.05) is 13.1 Å². The standard InChI is InChI=1S/C26H21F8NS/c27-21-10-12-22(13-11-21)36-23(14-15-35(17-23)16-18-4-2-1-3-5-18)19-6-8-20(9-7-19)24(28,25(29,30)31)26(32,33)34/h1-13H,14-17H2. The molecule has 0 spiro atoms. The summed E-state index contributed by atoms with van der Waals surface area (Å²) in [7, 11) is 0. The Labute approximate surface area is 207 Å². The van der Waals surface area contributed by atoms with Crippen LogP contribution in [0.5, 0.6) is 0 Å². The minimum absolute atomic E-state index is 0.433. The fourth-order valence-electron chi connectivity index (χ4n) is 4.43. The van der Waals surface area contributed by atoms with Crippen LogP contribution in [0.4, 0.5) is 35.1 Å². The minimum Gasteiger partial charge on any atom is -0.297 e. The third kappa shape index (κ3) is 5.11. The summed E-state index contributed by atoms with van der Waals surface area (Å²) in [4.78, 5) is 2.82. The molecule has 0 aromatic heterocycles. The van der Waals surface area contributed by atoms with Gasteiger partial charge in [-0.2, -0.15) is 26.3 Å². The second-order valence-corrected chi connectivity index (χ2v) is 10.2. The molecule has 0 radical (unpaired) electrons. The van der Waals surface area contributed by atoms with Crippen molar-refractivity contribution in [3.05, 3.63) is 101 Å². The van der Waals surface area contributed by atoms with Gasteiger partial charge < -0.3 is 0 Å². The summed E-state index contributed by atoms with van der Waals surface area (Å²) in [5.41, 5.74) is -5.49.